The summed E-state index contributed by atoms with van der Waals surface area (Å²) in [7, 11) is 0. The van der Waals surface area contributed by atoms with Gasteiger partial charge in [-0.1, -0.05) is 19.1 Å². The number of benzene rings is 2. The largest absolute Gasteiger partial charge is 0.491 e. The van der Waals surface area contributed by atoms with Crippen LogP contribution in [0.4, 0.5) is 8.78 Å². The lowest BCUT2D eigenvalue weighted by Crippen LogP contribution is -1.93. The zero-order valence-corrected chi connectivity index (χ0v) is 12.1. The van der Waals surface area contributed by atoms with Crippen molar-refractivity contribution in [2.75, 3.05) is 6.61 Å². The van der Waals surface area contributed by atoms with Gasteiger partial charge in [0, 0.05) is 10.8 Å². The molecule has 1 aromatic heterocycles. The van der Waals surface area contributed by atoms with Gasteiger partial charge in [0.2, 0.25) is 0 Å². The summed E-state index contributed by atoms with van der Waals surface area (Å²) in [5.74, 6) is -0.408. The molecule has 0 radical (unpaired) electrons. The summed E-state index contributed by atoms with van der Waals surface area (Å²) in [6.45, 7) is 4.12. The topological polar surface area (TPSA) is 9.23 Å². The molecule has 0 aliphatic carbocycles. The summed E-state index contributed by atoms with van der Waals surface area (Å²) in [6, 6.07) is 7.06. The van der Waals surface area contributed by atoms with Crippen LogP contribution in [0.3, 0.4) is 0 Å². The fraction of sp³-hybridized carbons (Fsp3) is 0.250. The number of ether oxygens (including phenoxy) is 1. The molecule has 0 amide bonds. The lowest BCUT2D eigenvalue weighted by Gasteiger charge is -2.04. The molecular formula is C16H14F2OS. The van der Waals surface area contributed by atoms with Crippen molar-refractivity contribution in [1.82, 2.24) is 0 Å². The van der Waals surface area contributed by atoms with Gasteiger partial charge in [0.25, 0.3) is 0 Å². The maximum absolute atomic E-state index is 14.4. The summed E-state index contributed by atoms with van der Waals surface area (Å²) < 4.78 is 34.9. The number of halogens is 2. The maximum atomic E-state index is 14.4. The molecule has 2 aromatic carbocycles. The molecule has 0 saturated carbocycles. The molecule has 1 nitrogen and oxygen atoms in total. The summed E-state index contributed by atoms with van der Waals surface area (Å²) in [5.41, 5.74) is 0.662. The molecule has 0 aliphatic rings. The molecule has 0 aliphatic heterocycles. The van der Waals surface area contributed by atoms with Crippen LogP contribution < -0.4 is 4.74 Å². The Kier molecular flexibility index (Phi) is 3.34. The first-order valence-corrected chi connectivity index (χ1v) is 7.43. The van der Waals surface area contributed by atoms with Crippen LogP contribution >= 0.6 is 11.3 Å². The van der Waals surface area contributed by atoms with E-state index in [4.69, 9.17) is 4.74 Å². The van der Waals surface area contributed by atoms with Crippen molar-refractivity contribution < 1.29 is 13.5 Å². The minimum absolute atomic E-state index is 0.225. The van der Waals surface area contributed by atoms with E-state index >= 15 is 0 Å². The van der Waals surface area contributed by atoms with Crippen LogP contribution in [0.1, 0.15) is 19.4 Å². The molecule has 3 aromatic rings. The van der Waals surface area contributed by atoms with E-state index in [0.717, 1.165) is 22.1 Å². The van der Waals surface area contributed by atoms with Crippen LogP contribution in [0.15, 0.2) is 24.3 Å². The first-order valence-electron chi connectivity index (χ1n) is 6.62. The van der Waals surface area contributed by atoms with E-state index in [9.17, 15) is 8.78 Å². The van der Waals surface area contributed by atoms with Crippen molar-refractivity contribution in [2.45, 2.75) is 20.3 Å². The lowest BCUT2D eigenvalue weighted by molar-refractivity contribution is 0.323. The Hall–Kier alpha value is -1.68. The summed E-state index contributed by atoms with van der Waals surface area (Å²) in [5, 5.41) is 1.51. The molecule has 0 saturated heterocycles. The van der Waals surface area contributed by atoms with E-state index in [2.05, 4.69) is 0 Å². The van der Waals surface area contributed by atoms with Crippen LogP contribution in [0.5, 0.6) is 5.75 Å². The number of hydrogen-bond acceptors (Lipinski definition) is 2. The first-order chi connectivity index (χ1) is 9.67. The lowest BCUT2D eigenvalue weighted by atomic mass is 10.1. The maximum Gasteiger partial charge on any atom is 0.182 e. The standard InChI is InChI=1S/C16H14F2OS/c1-3-9-5-6-10-11-7-8-12(19-4-2)14(18)16(11)20-15(10)13(9)17/h5-8H,3-4H2,1-2H3. The third-order valence-electron chi connectivity index (χ3n) is 3.41. The molecule has 0 fully saturated rings. The number of thiophene rings is 1. The normalized spacial score (nSPS) is 11.4. The van der Waals surface area contributed by atoms with Crippen molar-refractivity contribution >= 4 is 31.5 Å². The van der Waals surface area contributed by atoms with Gasteiger partial charge in [-0.25, -0.2) is 8.78 Å². The van der Waals surface area contributed by atoms with Gasteiger partial charge in [-0.15, -0.1) is 11.3 Å². The van der Waals surface area contributed by atoms with E-state index in [1.807, 2.05) is 19.9 Å². The van der Waals surface area contributed by atoms with E-state index in [1.165, 1.54) is 0 Å². The van der Waals surface area contributed by atoms with Crippen LogP contribution in [0.2, 0.25) is 0 Å². The Morgan fingerprint density at radius 1 is 0.950 bits per heavy atom. The van der Waals surface area contributed by atoms with Gasteiger partial charge < -0.3 is 4.74 Å². The number of rotatable bonds is 3. The molecule has 104 valence electrons. The third-order valence-corrected chi connectivity index (χ3v) is 4.62. The minimum Gasteiger partial charge on any atom is -0.491 e. The summed E-state index contributed by atoms with van der Waals surface area (Å²) in [6.07, 6.45) is 0.628. The second-order valence-electron chi connectivity index (χ2n) is 4.56. The summed E-state index contributed by atoms with van der Waals surface area (Å²) in [4.78, 5) is 0. The monoisotopic (exact) mass is 292 g/mol. The van der Waals surface area contributed by atoms with Gasteiger partial charge in [-0.2, -0.15) is 0 Å². The second-order valence-corrected chi connectivity index (χ2v) is 5.58. The quantitative estimate of drug-likeness (QED) is 0.637. The Morgan fingerprint density at radius 3 is 2.25 bits per heavy atom. The Labute approximate surface area is 119 Å². The van der Waals surface area contributed by atoms with E-state index in [1.54, 1.807) is 18.2 Å². The number of hydrogen-bond donors (Lipinski definition) is 0. The van der Waals surface area contributed by atoms with Gasteiger partial charge >= 0.3 is 0 Å². The Morgan fingerprint density at radius 2 is 1.60 bits per heavy atom. The van der Waals surface area contributed by atoms with Crippen molar-refractivity contribution in [1.29, 1.82) is 0 Å². The molecule has 0 spiro atoms. The molecule has 20 heavy (non-hydrogen) atoms. The van der Waals surface area contributed by atoms with Gasteiger partial charge in [0.15, 0.2) is 11.6 Å². The highest BCUT2D eigenvalue weighted by atomic mass is 32.1. The third kappa shape index (κ3) is 1.86. The fourth-order valence-corrected chi connectivity index (χ4v) is 3.59. The fourth-order valence-electron chi connectivity index (χ4n) is 2.40. The van der Waals surface area contributed by atoms with Gasteiger partial charge in [-0.3, -0.25) is 0 Å². The zero-order chi connectivity index (χ0) is 14.3. The molecule has 0 atom stereocenters. The highest BCUT2D eigenvalue weighted by molar-refractivity contribution is 7.25. The molecule has 0 unspecified atom stereocenters. The Bertz CT molecular complexity index is 792. The van der Waals surface area contributed by atoms with Crippen molar-refractivity contribution in [3.63, 3.8) is 0 Å². The van der Waals surface area contributed by atoms with Crippen molar-refractivity contribution in [3.05, 3.63) is 41.5 Å². The van der Waals surface area contributed by atoms with Gasteiger partial charge in [0.05, 0.1) is 16.0 Å². The second kappa shape index (κ2) is 5.02. The molecular weight excluding hydrogens is 278 g/mol. The van der Waals surface area contributed by atoms with Gasteiger partial charge in [-0.05, 0) is 31.0 Å². The average molecular weight is 292 g/mol. The van der Waals surface area contributed by atoms with Crippen molar-refractivity contribution in [3.8, 4) is 5.75 Å². The summed E-state index contributed by atoms with van der Waals surface area (Å²) >= 11 is 1.15. The smallest absolute Gasteiger partial charge is 0.182 e. The van der Waals surface area contributed by atoms with Crippen LogP contribution in [0.25, 0.3) is 20.2 Å². The molecule has 3 rings (SSSR count). The zero-order valence-electron chi connectivity index (χ0n) is 11.3. The Balaban J connectivity index is 2.35. The predicted molar refractivity (Wildman–Crippen MR) is 79.8 cm³/mol. The molecule has 4 heteroatoms. The molecule has 0 N–H and O–H groups in total. The molecule has 0 bridgehead atoms. The highest BCUT2D eigenvalue weighted by Crippen LogP contribution is 2.40. The first kappa shape index (κ1) is 13.3. The van der Waals surface area contributed by atoms with Crippen LogP contribution in [0, 0.1) is 11.6 Å². The average Bonchev–Trinajstić information content (AvgIpc) is 2.83. The predicted octanol–water partition coefficient (Wildman–Crippen LogP) is 5.29. The van der Waals surface area contributed by atoms with Crippen LogP contribution in [-0.4, -0.2) is 6.61 Å². The van der Waals surface area contributed by atoms with E-state index < -0.39 is 5.82 Å². The van der Waals surface area contributed by atoms with Gasteiger partial charge in [0.1, 0.15) is 5.82 Å². The van der Waals surface area contributed by atoms with E-state index in [-0.39, 0.29) is 11.6 Å². The molecule has 1 heterocycles. The number of aryl methyl sites for hydroxylation is 1. The highest BCUT2D eigenvalue weighted by Gasteiger charge is 2.16. The van der Waals surface area contributed by atoms with Crippen LogP contribution in [-0.2, 0) is 6.42 Å². The van der Waals surface area contributed by atoms with Crippen molar-refractivity contribution in [2.24, 2.45) is 0 Å². The van der Waals surface area contributed by atoms with E-state index in [0.29, 0.717) is 28.0 Å². The number of fused-ring (bicyclic) bond motifs is 3. The minimum atomic E-state index is -0.400. The SMILES string of the molecule is CCOc1ccc2c(sc3c(F)c(CC)ccc32)c1F.